The SMILES string of the molecule is COC(=O)/C=C/C#CC#C/C=C(\C)SC. The molecule has 15 heavy (non-hydrogen) atoms. The molecule has 0 rings (SSSR count). The molecule has 0 aliphatic rings. The summed E-state index contributed by atoms with van der Waals surface area (Å²) in [5.41, 5.74) is 0. The van der Waals surface area contributed by atoms with Crippen molar-refractivity contribution < 1.29 is 9.53 Å². The molecule has 0 aromatic carbocycles. The molecule has 0 aliphatic carbocycles. The summed E-state index contributed by atoms with van der Waals surface area (Å²) in [6.07, 6.45) is 6.44. The molecule has 0 fully saturated rings. The van der Waals surface area contributed by atoms with E-state index < -0.39 is 5.97 Å². The summed E-state index contributed by atoms with van der Waals surface area (Å²) in [6, 6.07) is 0. The number of thioether (sulfide) groups is 1. The van der Waals surface area contributed by atoms with E-state index in [-0.39, 0.29) is 0 Å². The number of methoxy groups -OCH3 is 1. The van der Waals surface area contributed by atoms with Crippen molar-refractivity contribution in [3.8, 4) is 23.7 Å². The second-order valence-corrected chi connectivity index (χ2v) is 3.41. The van der Waals surface area contributed by atoms with Gasteiger partial charge in [-0.05, 0) is 42.1 Å². The summed E-state index contributed by atoms with van der Waals surface area (Å²) < 4.78 is 4.38. The first-order chi connectivity index (χ1) is 7.20. The van der Waals surface area contributed by atoms with Crippen LogP contribution >= 0.6 is 11.8 Å². The van der Waals surface area contributed by atoms with Crippen LogP contribution in [0.2, 0.25) is 0 Å². The normalized spacial score (nSPS) is 9.93. The predicted molar refractivity (Wildman–Crippen MR) is 64.0 cm³/mol. The van der Waals surface area contributed by atoms with Gasteiger partial charge in [-0.25, -0.2) is 4.79 Å². The van der Waals surface area contributed by atoms with Gasteiger partial charge in [-0.2, -0.15) is 0 Å². The molecule has 0 saturated heterocycles. The molecule has 0 amide bonds. The number of hydrogen-bond donors (Lipinski definition) is 0. The molecule has 0 heterocycles. The first-order valence-corrected chi connectivity index (χ1v) is 5.39. The van der Waals surface area contributed by atoms with Gasteiger partial charge in [0.05, 0.1) is 7.11 Å². The summed E-state index contributed by atoms with van der Waals surface area (Å²) in [6.45, 7) is 1.98. The van der Waals surface area contributed by atoms with Crippen LogP contribution in [0.3, 0.4) is 0 Å². The van der Waals surface area contributed by atoms with Crippen LogP contribution in [-0.2, 0) is 9.53 Å². The van der Waals surface area contributed by atoms with Crippen LogP contribution in [0.5, 0.6) is 0 Å². The second kappa shape index (κ2) is 8.99. The summed E-state index contributed by atoms with van der Waals surface area (Å²) >= 11 is 1.64. The van der Waals surface area contributed by atoms with E-state index in [9.17, 15) is 4.79 Å². The molecule has 0 N–H and O–H groups in total. The number of carbonyl (C=O) groups excluding carboxylic acids is 1. The first kappa shape index (κ1) is 13.4. The molecule has 0 atom stereocenters. The maximum Gasteiger partial charge on any atom is 0.331 e. The van der Waals surface area contributed by atoms with Gasteiger partial charge in [-0.15, -0.1) is 11.8 Å². The molecule has 0 aromatic heterocycles. The molecule has 3 heteroatoms. The summed E-state index contributed by atoms with van der Waals surface area (Å²) in [5.74, 6) is 10.2. The average Bonchev–Trinajstić information content (AvgIpc) is 2.26. The third-order valence-electron chi connectivity index (χ3n) is 1.31. The van der Waals surface area contributed by atoms with Crippen LogP contribution in [0.4, 0.5) is 0 Å². The van der Waals surface area contributed by atoms with Crippen molar-refractivity contribution in [2.75, 3.05) is 13.4 Å². The smallest absolute Gasteiger partial charge is 0.331 e. The van der Waals surface area contributed by atoms with Crippen molar-refractivity contribution in [2.24, 2.45) is 0 Å². The van der Waals surface area contributed by atoms with E-state index in [1.165, 1.54) is 19.3 Å². The Bertz CT molecular complexity index is 383. The monoisotopic (exact) mass is 220 g/mol. The number of carbonyl (C=O) groups is 1. The molecule has 0 radical (unpaired) electrons. The fourth-order valence-corrected chi connectivity index (χ4v) is 0.665. The highest BCUT2D eigenvalue weighted by atomic mass is 32.2. The number of esters is 1. The lowest BCUT2D eigenvalue weighted by atomic mass is 10.4. The lowest BCUT2D eigenvalue weighted by molar-refractivity contribution is -0.134. The van der Waals surface area contributed by atoms with Crippen molar-refractivity contribution in [3.05, 3.63) is 23.1 Å². The van der Waals surface area contributed by atoms with Gasteiger partial charge in [-0.3, -0.25) is 0 Å². The Labute approximate surface area is 94.8 Å². The maximum absolute atomic E-state index is 10.6. The Kier molecular flexibility index (Phi) is 8.05. The minimum absolute atomic E-state index is 0.421. The fourth-order valence-electron chi connectivity index (χ4n) is 0.488. The maximum atomic E-state index is 10.6. The zero-order valence-corrected chi connectivity index (χ0v) is 9.77. The summed E-state index contributed by atoms with van der Waals surface area (Å²) in [5, 5.41) is 0. The topological polar surface area (TPSA) is 26.3 Å². The number of allylic oxidation sites excluding steroid dienone is 3. The van der Waals surface area contributed by atoms with Crippen LogP contribution in [0.15, 0.2) is 23.1 Å². The third kappa shape index (κ3) is 8.74. The van der Waals surface area contributed by atoms with Crippen LogP contribution in [0.1, 0.15) is 6.92 Å². The van der Waals surface area contributed by atoms with Gasteiger partial charge in [-0.1, -0.05) is 11.8 Å². The summed E-state index contributed by atoms with van der Waals surface area (Å²) in [7, 11) is 1.32. The molecular formula is C12H12O2S. The predicted octanol–water partition coefficient (Wildman–Crippen LogP) is 1.99. The van der Waals surface area contributed by atoms with E-state index in [1.54, 1.807) is 17.8 Å². The van der Waals surface area contributed by atoms with Crippen LogP contribution in [0, 0.1) is 23.7 Å². The van der Waals surface area contributed by atoms with Gasteiger partial charge in [0.15, 0.2) is 0 Å². The zero-order chi connectivity index (χ0) is 11.5. The van der Waals surface area contributed by atoms with Gasteiger partial charge in [0, 0.05) is 6.08 Å². The van der Waals surface area contributed by atoms with E-state index in [1.807, 2.05) is 13.2 Å². The molecule has 0 saturated carbocycles. The molecule has 0 aliphatic heterocycles. The molecule has 78 valence electrons. The van der Waals surface area contributed by atoms with Gasteiger partial charge in [0.25, 0.3) is 0 Å². The standard InChI is InChI=1S/C12H12O2S/c1-11(15-3)9-7-5-4-6-8-10-12(13)14-2/h8-10H,1-3H3/b10-8+,11-9+. The van der Waals surface area contributed by atoms with E-state index in [4.69, 9.17) is 0 Å². The minimum Gasteiger partial charge on any atom is -0.466 e. The van der Waals surface area contributed by atoms with Gasteiger partial charge in [0.1, 0.15) is 0 Å². The Morgan fingerprint density at radius 2 is 2.00 bits per heavy atom. The number of rotatable bonds is 2. The van der Waals surface area contributed by atoms with Gasteiger partial charge in [0.2, 0.25) is 0 Å². The molecule has 2 nitrogen and oxygen atoms in total. The third-order valence-corrected chi connectivity index (χ3v) is 2.07. The van der Waals surface area contributed by atoms with E-state index in [0.29, 0.717) is 0 Å². The molecule has 0 unspecified atom stereocenters. The van der Waals surface area contributed by atoms with Crippen molar-refractivity contribution >= 4 is 17.7 Å². The zero-order valence-electron chi connectivity index (χ0n) is 8.96. The number of ether oxygens (including phenoxy) is 1. The highest BCUT2D eigenvalue weighted by Gasteiger charge is 1.85. The quantitative estimate of drug-likeness (QED) is 0.404. The van der Waals surface area contributed by atoms with E-state index in [2.05, 4.69) is 28.4 Å². The fraction of sp³-hybridized carbons (Fsp3) is 0.250. The molecule has 0 aromatic rings. The van der Waals surface area contributed by atoms with Gasteiger partial charge >= 0.3 is 5.97 Å². The van der Waals surface area contributed by atoms with E-state index in [0.717, 1.165) is 4.91 Å². The number of hydrogen-bond acceptors (Lipinski definition) is 3. The Morgan fingerprint density at radius 1 is 1.33 bits per heavy atom. The largest absolute Gasteiger partial charge is 0.466 e. The van der Waals surface area contributed by atoms with Crippen molar-refractivity contribution in [3.63, 3.8) is 0 Å². The molecule has 0 bridgehead atoms. The lowest BCUT2D eigenvalue weighted by Gasteiger charge is -1.85. The molecule has 0 spiro atoms. The second-order valence-electron chi connectivity index (χ2n) is 2.35. The van der Waals surface area contributed by atoms with Gasteiger partial charge < -0.3 is 4.74 Å². The minimum atomic E-state index is -0.421. The lowest BCUT2D eigenvalue weighted by Crippen LogP contribution is -1.92. The van der Waals surface area contributed by atoms with Crippen molar-refractivity contribution in [1.82, 2.24) is 0 Å². The van der Waals surface area contributed by atoms with Crippen molar-refractivity contribution in [2.45, 2.75) is 6.92 Å². The molecular weight excluding hydrogens is 208 g/mol. The highest BCUT2D eigenvalue weighted by molar-refractivity contribution is 8.02. The highest BCUT2D eigenvalue weighted by Crippen LogP contribution is 2.07. The summed E-state index contributed by atoms with van der Waals surface area (Å²) in [4.78, 5) is 11.7. The van der Waals surface area contributed by atoms with Crippen molar-refractivity contribution in [1.29, 1.82) is 0 Å². The Morgan fingerprint density at radius 3 is 2.60 bits per heavy atom. The van der Waals surface area contributed by atoms with E-state index >= 15 is 0 Å². The van der Waals surface area contributed by atoms with Crippen LogP contribution in [0.25, 0.3) is 0 Å². The Hall–Kier alpha value is -1.58. The van der Waals surface area contributed by atoms with Crippen LogP contribution < -0.4 is 0 Å². The van der Waals surface area contributed by atoms with Crippen LogP contribution in [-0.4, -0.2) is 19.3 Å². The Balaban J connectivity index is 4.11. The first-order valence-electron chi connectivity index (χ1n) is 4.17. The average molecular weight is 220 g/mol.